The predicted octanol–water partition coefficient (Wildman–Crippen LogP) is 3.12. The van der Waals surface area contributed by atoms with Crippen LogP contribution in [0.1, 0.15) is 35.9 Å². The highest BCUT2D eigenvalue weighted by atomic mass is 16.5. The Hall–Kier alpha value is -2.60. The Kier molecular flexibility index (Phi) is 5.42. The number of carboxylic acid groups (broad SMARTS) is 1. The lowest BCUT2D eigenvalue weighted by atomic mass is 9.80. The Labute approximate surface area is 152 Å². The molecule has 2 aromatic rings. The highest BCUT2D eigenvalue weighted by Crippen LogP contribution is 2.30. The highest BCUT2D eigenvalue weighted by Gasteiger charge is 2.40. The van der Waals surface area contributed by atoms with Crippen LogP contribution in [0.25, 0.3) is 11.3 Å². The minimum Gasteiger partial charge on any atom is -0.481 e. The lowest BCUT2D eigenvalue weighted by Gasteiger charge is -2.32. The molecule has 1 aromatic carbocycles. The summed E-state index contributed by atoms with van der Waals surface area (Å²) < 4.78 is 10.9. The van der Waals surface area contributed by atoms with Gasteiger partial charge in [0.1, 0.15) is 5.76 Å². The van der Waals surface area contributed by atoms with E-state index in [0.29, 0.717) is 31.8 Å². The van der Waals surface area contributed by atoms with Crippen LogP contribution in [0.2, 0.25) is 0 Å². The van der Waals surface area contributed by atoms with Crippen molar-refractivity contribution in [3.05, 3.63) is 47.7 Å². The first-order chi connectivity index (χ1) is 12.5. The number of aryl methyl sites for hydroxylation is 1. The summed E-state index contributed by atoms with van der Waals surface area (Å²) in [7, 11) is 0. The van der Waals surface area contributed by atoms with Crippen LogP contribution in [0, 0.1) is 5.41 Å². The molecule has 2 heterocycles. The smallest absolute Gasteiger partial charge is 0.311 e. The zero-order valence-corrected chi connectivity index (χ0v) is 14.8. The van der Waals surface area contributed by atoms with Gasteiger partial charge >= 0.3 is 5.97 Å². The zero-order chi connectivity index (χ0) is 18.6. The fourth-order valence-electron chi connectivity index (χ4n) is 3.08. The summed E-state index contributed by atoms with van der Waals surface area (Å²) >= 11 is 0. The molecular weight excluding hydrogens is 334 g/mol. The van der Waals surface area contributed by atoms with Gasteiger partial charge in [-0.25, -0.2) is 0 Å². The van der Waals surface area contributed by atoms with E-state index >= 15 is 0 Å². The van der Waals surface area contributed by atoms with Gasteiger partial charge in [0.05, 0.1) is 5.41 Å². The van der Waals surface area contributed by atoms with Crippen LogP contribution in [-0.4, -0.2) is 36.7 Å². The number of carbonyl (C=O) groups excluding carboxylic acids is 1. The van der Waals surface area contributed by atoms with E-state index in [4.69, 9.17) is 9.15 Å². The lowest BCUT2D eigenvalue weighted by Crippen LogP contribution is -2.46. The van der Waals surface area contributed by atoms with Crippen LogP contribution in [0.5, 0.6) is 0 Å². The Balaban J connectivity index is 1.66. The topological polar surface area (TPSA) is 88.8 Å². The van der Waals surface area contributed by atoms with Crippen LogP contribution < -0.4 is 5.32 Å². The second-order valence-corrected chi connectivity index (χ2v) is 6.59. The van der Waals surface area contributed by atoms with E-state index in [-0.39, 0.29) is 12.3 Å². The molecule has 1 aromatic heterocycles. The monoisotopic (exact) mass is 357 g/mol. The van der Waals surface area contributed by atoms with E-state index in [2.05, 4.69) is 12.2 Å². The minimum atomic E-state index is -0.973. The van der Waals surface area contributed by atoms with E-state index in [1.807, 2.05) is 24.3 Å². The minimum absolute atomic E-state index is 0.0613. The molecule has 0 spiro atoms. The SMILES string of the molecule is CCc1ccc(-c2ccc(C(=O)NCC3(C(=O)O)CCOCC3)o2)cc1. The number of hydrogen-bond donors (Lipinski definition) is 2. The number of furan rings is 1. The maximum atomic E-state index is 12.4. The molecule has 138 valence electrons. The van der Waals surface area contributed by atoms with Crippen LogP contribution in [0.15, 0.2) is 40.8 Å². The molecule has 0 bridgehead atoms. The third-order valence-corrected chi connectivity index (χ3v) is 4.97. The maximum Gasteiger partial charge on any atom is 0.311 e. The van der Waals surface area contributed by atoms with E-state index in [9.17, 15) is 14.7 Å². The van der Waals surface area contributed by atoms with Crippen LogP contribution in [-0.2, 0) is 16.0 Å². The van der Waals surface area contributed by atoms with Crippen molar-refractivity contribution in [3.63, 3.8) is 0 Å². The number of ether oxygens (including phenoxy) is 1. The number of aliphatic carboxylic acids is 1. The van der Waals surface area contributed by atoms with E-state index in [1.165, 1.54) is 5.56 Å². The van der Waals surface area contributed by atoms with Crippen molar-refractivity contribution in [1.82, 2.24) is 5.32 Å². The highest BCUT2D eigenvalue weighted by molar-refractivity contribution is 5.92. The second-order valence-electron chi connectivity index (χ2n) is 6.59. The molecule has 3 rings (SSSR count). The van der Waals surface area contributed by atoms with E-state index in [1.54, 1.807) is 12.1 Å². The van der Waals surface area contributed by atoms with Crippen LogP contribution in [0.3, 0.4) is 0 Å². The normalized spacial score (nSPS) is 16.2. The van der Waals surface area contributed by atoms with Crippen molar-refractivity contribution >= 4 is 11.9 Å². The number of amides is 1. The molecule has 6 nitrogen and oxygen atoms in total. The van der Waals surface area contributed by atoms with Gasteiger partial charge in [-0.2, -0.15) is 0 Å². The molecule has 6 heteroatoms. The Morgan fingerprint density at radius 1 is 1.12 bits per heavy atom. The summed E-state index contributed by atoms with van der Waals surface area (Å²) in [6.07, 6.45) is 1.73. The molecule has 1 amide bonds. The summed E-state index contributed by atoms with van der Waals surface area (Å²) in [6.45, 7) is 2.93. The third kappa shape index (κ3) is 3.80. The van der Waals surface area contributed by atoms with Crippen molar-refractivity contribution in [1.29, 1.82) is 0 Å². The molecule has 1 aliphatic rings. The Bertz CT molecular complexity index is 772. The van der Waals surface area contributed by atoms with Gasteiger partial charge < -0.3 is 19.6 Å². The molecule has 0 unspecified atom stereocenters. The number of hydrogen-bond acceptors (Lipinski definition) is 4. The van der Waals surface area contributed by atoms with Gasteiger partial charge in [-0.1, -0.05) is 31.2 Å². The predicted molar refractivity (Wildman–Crippen MR) is 96.0 cm³/mol. The first-order valence-corrected chi connectivity index (χ1v) is 8.82. The summed E-state index contributed by atoms with van der Waals surface area (Å²) in [4.78, 5) is 24.0. The van der Waals surface area contributed by atoms with Gasteiger partial charge in [0, 0.05) is 25.3 Å². The zero-order valence-electron chi connectivity index (χ0n) is 14.8. The molecule has 1 fully saturated rings. The standard InChI is InChI=1S/C20H23NO5/c1-2-14-3-5-15(6-4-14)16-7-8-17(26-16)18(22)21-13-20(19(23)24)9-11-25-12-10-20/h3-8H,2,9-13H2,1H3,(H,21,22)(H,23,24). The van der Waals surface area contributed by atoms with Gasteiger partial charge in [-0.3, -0.25) is 9.59 Å². The number of nitrogens with one attached hydrogen (secondary N) is 1. The van der Waals surface area contributed by atoms with Crippen LogP contribution in [0.4, 0.5) is 0 Å². The average Bonchev–Trinajstić information content (AvgIpc) is 3.17. The molecular formula is C20H23NO5. The summed E-state index contributed by atoms with van der Waals surface area (Å²) in [6, 6.07) is 11.3. The van der Waals surface area contributed by atoms with Crippen molar-refractivity contribution in [2.45, 2.75) is 26.2 Å². The summed E-state index contributed by atoms with van der Waals surface area (Å²) in [5, 5.41) is 12.2. The van der Waals surface area contributed by atoms with Crippen molar-refractivity contribution in [2.24, 2.45) is 5.41 Å². The Morgan fingerprint density at radius 2 is 1.81 bits per heavy atom. The second kappa shape index (κ2) is 7.74. The average molecular weight is 357 g/mol. The van der Waals surface area contributed by atoms with Gasteiger partial charge in [-0.15, -0.1) is 0 Å². The third-order valence-electron chi connectivity index (χ3n) is 4.97. The molecule has 1 saturated heterocycles. The summed E-state index contributed by atoms with van der Waals surface area (Å²) in [5.74, 6) is -0.533. The van der Waals surface area contributed by atoms with Crippen LogP contribution >= 0.6 is 0 Å². The van der Waals surface area contributed by atoms with Crippen molar-refractivity contribution < 1.29 is 23.8 Å². The van der Waals surface area contributed by atoms with E-state index < -0.39 is 17.3 Å². The molecule has 1 aliphatic heterocycles. The van der Waals surface area contributed by atoms with Gasteiger partial charge in [0.15, 0.2) is 5.76 Å². The molecule has 0 atom stereocenters. The maximum absolute atomic E-state index is 12.4. The summed E-state index contributed by atoms with van der Waals surface area (Å²) in [5.41, 5.74) is 1.15. The molecule has 0 radical (unpaired) electrons. The van der Waals surface area contributed by atoms with Gasteiger partial charge in [0.25, 0.3) is 5.91 Å². The quantitative estimate of drug-likeness (QED) is 0.829. The number of rotatable bonds is 6. The lowest BCUT2D eigenvalue weighted by molar-refractivity contribution is -0.154. The largest absolute Gasteiger partial charge is 0.481 e. The molecule has 2 N–H and O–H groups in total. The molecule has 0 saturated carbocycles. The number of benzene rings is 1. The first-order valence-electron chi connectivity index (χ1n) is 8.82. The van der Waals surface area contributed by atoms with Gasteiger partial charge in [0.2, 0.25) is 0 Å². The molecule has 26 heavy (non-hydrogen) atoms. The van der Waals surface area contributed by atoms with Gasteiger partial charge in [-0.05, 0) is 37.0 Å². The molecule has 0 aliphatic carbocycles. The Morgan fingerprint density at radius 3 is 2.42 bits per heavy atom. The number of carboxylic acids is 1. The van der Waals surface area contributed by atoms with E-state index in [0.717, 1.165) is 12.0 Å². The first kappa shape index (κ1) is 18.2. The number of carbonyl (C=O) groups is 2. The fourth-order valence-corrected chi connectivity index (χ4v) is 3.08. The fraction of sp³-hybridized carbons (Fsp3) is 0.400. The van der Waals surface area contributed by atoms with Crippen molar-refractivity contribution in [2.75, 3.05) is 19.8 Å². The van der Waals surface area contributed by atoms with Crippen molar-refractivity contribution in [3.8, 4) is 11.3 Å².